The van der Waals surface area contributed by atoms with Gasteiger partial charge in [-0.2, -0.15) is 0 Å². The van der Waals surface area contributed by atoms with Crippen LogP contribution in [0, 0.1) is 5.92 Å². The minimum absolute atomic E-state index is 0.0372. The monoisotopic (exact) mass is 700 g/mol. The summed E-state index contributed by atoms with van der Waals surface area (Å²) in [6.07, 6.45) is 4.87. The summed E-state index contributed by atoms with van der Waals surface area (Å²) in [5.74, 6) is -1.47. The summed E-state index contributed by atoms with van der Waals surface area (Å²) in [7, 11) is -2.30. The number of nitrogens with zero attached hydrogens (tertiary/aromatic N) is 2. The van der Waals surface area contributed by atoms with Gasteiger partial charge in [0, 0.05) is 48.3 Å². The molecular weight excluding hydrogens is 660 g/mol. The van der Waals surface area contributed by atoms with Gasteiger partial charge in [0.15, 0.2) is 5.78 Å². The summed E-state index contributed by atoms with van der Waals surface area (Å²) >= 11 is 0. The third-order valence-electron chi connectivity index (χ3n) is 9.41. The lowest BCUT2D eigenvalue weighted by Gasteiger charge is -2.26. The highest BCUT2D eigenvalue weighted by Gasteiger charge is 2.61. The second kappa shape index (κ2) is 14.1. The molecule has 6 rings (SSSR count). The Morgan fingerprint density at radius 3 is 2.50 bits per heavy atom. The maximum atomic E-state index is 14.0. The second-order valence-corrected chi connectivity index (χ2v) is 14.9. The van der Waals surface area contributed by atoms with E-state index in [2.05, 4.69) is 16.6 Å². The molecule has 4 atom stereocenters. The lowest BCUT2D eigenvalue weighted by molar-refractivity contribution is -0.140. The first kappa shape index (κ1) is 34.8. The Morgan fingerprint density at radius 1 is 1.08 bits per heavy atom. The van der Waals surface area contributed by atoms with Gasteiger partial charge in [-0.15, -0.1) is 6.58 Å². The van der Waals surface area contributed by atoms with E-state index >= 15 is 0 Å². The Bertz CT molecular complexity index is 1980. The molecule has 12 nitrogen and oxygen atoms in total. The number of methoxy groups -OCH3 is 1. The van der Waals surface area contributed by atoms with Gasteiger partial charge >= 0.3 is 0 Å². The maximum absolute atomic E-state index is 14.0. The van der Waals surface area contributed by atoms with Crippen LogP contribution in [0.4, 0.5) is 0 Å². The van der Waals surface area contributed by atoms with E-state index in [9.17, 15) is 27.6 Å². The Labute approximate surface area is 291 Å². The number of sulfonamides is 1. The lowest BCUT2D eigenvalue weighted by atomic mass is 10.1. The number of pyridine rings is 1. The molecule has 1 aliphatic heterocycles. The Hall–Kier alpha value is -5.04. The number of nitrogens with one attached hydrogen (secondary N) is 2. The van der Waals surface area contributed by atoms with Crippen molar-refractivity contribution in [2.45, 2.75) is 68.4 Å². The molecular formula is C37H40N4O8S. The molecule has 1 aromatic heterocycles. The highest BCUT2D eigenvalue weighted by atomic mass is 32.2. The summed E-state index contributed by atoms with van der Waals surface area (Å²) < 4.78 is 39.4. The normalized spacial score (nSPS) is 23.0. The SMILES string of the molecule is C=C[C@@H]1C[C@]1(NC(=O)[C@@H]1C[C@@H](Oc2cc(-c3ccccc3)nc3cc(OC)ccc23)CN1C(=O)CCC(=O)/C=C/C)C(=O)NS(=O)(=O)C1CC1. The molecule has 3 aromatic rings. The molecule has 0 spiro atoms. The van der Waals surface area contributed by atoms with E-state index in [4.69, 9.17) is 14.5 Å². The van der Waals surface area contributed by atoms with E-state index in [-0.39, 0.29) is 38.0 Å². The van der Waals surface area contributed by atoms with E-state index in [1.54, 1.807) is 32.2 Å². The molecule has 3 aliphatic rings. The van der Waals surface area contributed by atoms with Gasteiger partial charge in [-0.05, 0) is 44.4 Å². The molecule has 13 heteroatoms. The molecule has 2 heterocycles. The standard InChI is InChI=1S/C37H40N4O8S/c1-4-9-25(42)12-17-34(43)41-22-27(19-32(41)35(44)39-37(21-24(37)5-2)36(45)40-50(46,47)28-14-15-28)49-33-20-30(23-10-7-6-8-11-23)38-31-18-26(48-3)13-16-29(31)33/h4-11,13,16,18,20,24,27-28,32H,2,12,14-15,17,19,21-22H2,1,3H3,(H,39,44)(H,40,45)/b9-4+/t24-,27-,32+,37-/m1/s1. The topological polar surface area (TPSA) is 161 Å². The number of carbonyl (C=O) groups is 4. The first-order valence-corrected chi connectivity index (χ1v) is 18.2. The lowest BCUT2D eigenvalue weighted by Crippen LogP contribution is -2.56. The minimum Gasteiger partial charge on any atom is -0.497 e. The zero-order valence-corrected chi connectivity index (χ0v) is 28.8. The van der Waals surface area contributed by atoms with Crippen LogP contribution in [-0.4, -0.2) is 78.4 Å². The van der Waals surface area contributed by atoms with Crippen LogP contribution in [0.2, 0.25) is 0 Å². The molecule has 0 bridgehead atoms. The number of hydrogen-bond donors (Lipinski definition) is 2. The number of amides is 3. The second-order valence-electron chi connectivity index (χ2n) is 12.9. The van der Waals surface area contributed by atoms with Gasteiger partial charge in [-0.25, -0.2) is 13.4 Å². The van der Waals surface area contributed by atoms with Crippen LogP contribution in [0.3, 0.4) is 0 Å². The largest absolute Gasteiger partial charge is 0.497 e. The van der Waals surface area contributed by atoms with Gasteiger partial charge < -0.3 is 19.7 Å². The summed E-state index contributed by atoms with van der Waals surface area (Å²) in [6.45, 7) is 5.50. The van der Waals surface area contributed by atoms with E-state index in [0.29, 0.717) is 40.9 Å². The number of carbonyl (C=O) groups excluding carboxylic acids is 4. The van der Waals surface area contributed by atoms with Crippen molar-refractivity contribution in [1.82, 2.24) is 19.9 Å². The molecule has 0 unspecified atom stereocenters. The molecule has 2 aromatic carbocycles. The highest BCUT2D eigenvalue weighted by Crippen LogP contribution is 2.45. The average Bonchev–Trinajstić information content (AvgIpc) is 4.04. The van der Waals surface area contributed by atoms with E-state index < -0.39 is 56.6 Å². The van der Waals surface area contributed by atoms with Gasteiger partial charge in [-0.3, -0.25) is 23.9 Å². The van der Waals surface area contributed by atoms with Crippen LogP contribution < -0.4 is 19.5 Å². The summed E-state index contributed by atoms with van der Waals surface area (Å²) in [6, 6.07) is 15.8. The number of ether oxygens (including phenoxy) is 2. The van der Waals surface area contributed by atoms with Crippen molar-refractivity contribution in [3.63, 3.8) is 0 Å². The zero-order chi connectivity index (χ0) is 35.6. The molecule has 2 saturated carbocycles. The van der Waals surface area contributed by atoms with Crippen molar-refractivity contribution in [3.05, 3.63) is 79.4 Å². The number of fused-ring (bicyclic) bond motifs is 1. The van der Waals surface area contributed by atoms with Crippen molar-refractivity contribution in [3.8, 4) is 22.8 Å². The Kier molecular flexibility index (Phi) is 9.79. The van der Waals surface area contributed by atoms with Gasteiger partial charge in [0.1, 0.15) is 29.2 Å². The van der Waals surface area contributed by atoms with Crippen LogP contribution >= 0.6 is 0 Å². The fourth-order valence-corrected chi connectivity index (χ4v) is 7.77. The van der Waals surface area contributed by atoms with E-state index in [1.165, 1.54) is 17.1 Å². The van der Waals surface area contributed by atoms with Crippen LogP contribution in [0.15, 0.2) is 79.4 Å². The fourth-order valence-electron chi connectivity index (χ4n) is 6.41. The summed E-state index contributed by atoms with van der Waals surface area (Å²) in [5, 5.41) is 2.86. The molecule has 0 radical (unpaired) electrons. The van der Waals surface area contributed by atoms with Crippen molar-refractivity contribution < 1.29 is 37.1 Å². The number of ketones is 1. The van der Waals surface area contributed by atoms with Gasteiger partial charge in [0.25, 0.3) is 5.91 Å². The van der Waals surface area contributed by atoms with Crippen LogP contribution in [-0.2, 0) is 29.2 Å². The first-order chi connectivity index (χ1) is 24.0. The third-order valence-corrected chi connectivity index (χ3v) is 11.2. The van der Waals surface area contributed by atoms with Crippen molar-refractivity contribution >= 4 is 44.4 Å². The number of allylic oxidation sites excluding steroid dienone is 2. The van der Waals surface area contributed by atoms with E-state index in [0.717, 1.165) is 5.56 Å². The third kappa shape index (κ3) is 7.28. The van der Waals surface area contributed by atoms with Gasteiger partial charge in [0.05, 0.1) is 30.1 Å². The maximum Gasteiger partial charge on any atom is 0.259 e. The van der Waals surface area contributed by atoms with Gasteiger partial charge in [-0.1, -0.05) is 42.5 Å². The van der Waals surface area contributed by atoms with Crippen molar-refractivity contribution in [1.29, 1.82) is 0 Å². The molecule has 3 fully saturated rings. The van der Waals surface area contributed by atoms with Crippen molar-refractivity contribution in [2.24, 2.45) is 5.92 Å². The average molecular weight is 701 g/mol. The minimum atomic E-state index is -3.87. The smallest absolute Gasteiger partial charge is 0.259 e. The first-order valence-electron chi connectivity index (χ1n) is 16.6. The Balaban J connectivity index is 1.28. The molecule has 1 saturated heterocycles. The van der Waals surface area contributed by atoms with Crippen molar-refractivity contribution in [2.75, 3.05) is 13.7 Å². The quantitative estimate of drug-likeness (QED) is 0.188. The number of hydrogen-bond acceptors (Lipinski definition) is 9. The summed E-state index contributed by atoms with van der Waals surface area (Å²) in [4.78, 5) is 59.4. The highest BCUT2D eigenvalue weighted by molar-refractivity contribution is 7.91. The molecule has 50 heavy (non-hydrogen) atoms. The Morgan fingerprint density at radius 2 is 1.84 bits per heavy atom. The number of aromatic nitrogens is 1. The number of likely N-dealkylation sites (tertiary alicyclic amines) is 1. The summed E-state index contributed by atoms with van der Waals surface area (Å²) in [5.41, 5.74) is 0.632. The number of rotatable bonds is 14. The fraction of sp³-hybridized carbons (Fsp3) is 0.378. The van der Waals surface area contributed by atoms with Gasteiger partial charge in [0.2, 0.25) is 21.8 Å². The predicted octanol–water partition coefficient (Wildman–Crippen LogP) is 3.85. The molecule has 2 aliphatic carbocycles. The van der Waals surface area contributed by atoms with Crippen LogP contribution in [0.25, 0.3) is 22.2 Å². The van der Waals surface area contributed by atoms with E-state index in [1.807, 2.05) is 42.5 Å². The molecule has 3 amide bonds. The molecule has 2 N–H and O–H groups in total. The number of benzene rings is 2. The molecule has 262 valence electrons. The predicted molar refractivity (Wildman–Crippen MR) is 187 cm³/mol. The van der Waals surface area contributed by atoms with Crippen LogP contribution in [0.5, 0.6) is 11.5 Å². The van der Waals surface area contributed by atoms with Crippen LogP contribution in [0.1, 0.15) is 45.4 Å². The zero-order valence-electron chi connectivity index (χ0n) is 28.0.